The maximum atomic E-state index is 9.50. The predicted octanol–water partition coefficient (Wildman–Crippen LogP) is 2.62. The molecule has 0 bridgehead atoms. The first kappa shape index (κ1) is 16.9. The maximum absolute atomic E-state index is 9.50. The molecular formula is C16H34N2O. The van der Waals surface area contributed by atoms with Gasteiger partial charge in [-0.3, -0.25) is 0 Å². The van der Waals surface area contributed by atoms with Gasteiger partial charge >= 0.3 is 0 Å². The second kappa shape index (κ2) is 8.23. The molecule has 0 spiro atoms. The standard InChI is InChI=1S/C16H34N2O/c1-4-14(5-2)12-18(6-3)11-9-15-8-7-10-16(15,17)13-19/h14-15,19H,4-13,17H2,1-3H3. The predicted molar refractivity (Wildman–Crippen MR) is 82.1 cm³/mol. The van der Waals surface area contributed by atoms with E-state index in [1.165, 1.54) is 32.2 Å². The molecule has 2 atom stereocenters. The van der Waals surface area contributed by atoms with Crippen LogP contribution in [0.4, 0.5) is 0 Å². The second-order valence-corrected chi connectivity index (χ2v) is 6.34. The maximum Gasteiger partial charge on any atom is 0.0613 e. The van der Waals surface area contributed by atoms with E-state index in [9.17, 15) is 5.11 Å². The van der Waals surface area contributed by atoms with E-state index in [2.05, 4.69) is 25.7 Å². The molecular weight excluding hydrogens is 236 g/mol. The molecule has 3 N–H and O–H groups in total. The molecule has 0 heterocycles. The Morgan fingerprint density at radius 2 is 2.00 bits per heavy atom. The summed E-state index contributed by atoms with van der Waals surface area (Å²) >= 11 is 0. The molecule has 1 rings (SSSR count). The molecule has 0 saturated heterocycles. The minimum Gasteiger partial charge on any atom is -0.394 e. The molecule has 19 heavy (non-hydrogen) atoms. The van der Waals surface area contributed by atoms with Crippen LogP contribution < -0.4 is 5.73 Å². The fourth-order valence-electron chi connectivity index (χ4n) is 3.44. The third kappa shape index (κ3) is 4.73. The van der Waals surface area contributed by atoms with Crippen LogP contribution in [0, 0.1) is 11.8 Å². The summed E-state index contributed by atoms with van der Waals surface area (Å²) in [7, 11) is 0. The first-order chi connectivity index (χ1) is 9.09. The van der Waals surface area contributed by atoms with Gasteiger partial charge in [0.2, 0.25) is 0 Å². The molecule has 1 fully saturated rings. The third-order valence-corrected chi connectivity index (χ3v) is 5.21. The molecule has 0 radical (unpaired) electrons. The number of nitrogens with zero attached hydrogens (tertiary/aromatic N) is 1. The van der Waals surface area contributed by atoms with Gasteiger partial charge in [-0.05, 0) is 44.2 Å². The van der Waals surface area contributed by atoms with E-state index in [4.69, 9.17) is 5.73 Å². The van der Waals surface area contributed by atoms with Crippen molar-refractivity contribution in [1.29, 1.82) is 0 Å². The van der Waals surface area contributed by atoms with Gasteiger partial charge in [-0.2, -0.15) is 0 Å². The molecule has 1 aliphatic carbocycles. The van der Waals surface area contributed by atoms with Crippen molar-refractivity contribution >= 4 is 0 Å². The van der Waals surface area contributed by atoms with Gasteiger partial charge in [0.1, 0.15) is 0 Å². The van der Waals surface area contributed by atoms with Crippen molar-refractivity contribution in [2.75, 3.05) is 26.2 Å². The highest BCUT2D eigenvalue weighted by Gasteiger charge is 2.38. The molecule has 3 heteroatoms. The molecule has 2 unspecified atom stereocenters. The Balaban J connectivity index is 2.40. The molecule has 114 valence electrons. The minimum atomic E-state index is -0.297. The van der Waals surface area contributed by atoms with Gasteiger partial charge in [-0.1, -0.05) is 40.0 Å². The van der Waals surface area contributed by atoms with Crippen molar-refractivity contribution in [1.82, 2.24) is 4.90 Å². The lowest BCUT2D eigenvalue weighted by molar-refractivity contribution is 0.140. The topological polar surface area (TPSA) is 49.5 Å². The van der Waals surface area contributed by atoms with Gasteiger partial charge in [0.25, 0.3) is 0 Å². The fraction of sp³-hybridized carbons (Fsp3) is 1.00. The van der Waals surface area contributed by atoms with Gasteiger partial charge in [0, 0.05) is 12.1 Å². The fourth-order valence-corrected chi connectivity index (χ4v) is 3.44. The minimum absolute atomic E-state index is 0.149. The van der Waals surface area contributed by atoms with E-state index in [0.29, 0.717) is 5.92 Å². The van der Waals surface area contributed by atoms with Crippen LogP contribution in [0.15, 0.2) is 0 Å². The lowest BCUT2D eigenvalue weighted by Gasteiger charge is -2.32. The van der Waals surface area contributed by atoms with E-state index in [1.54, 1.807) is 0 Å². The van der Waals surface area contributed by atoms with Crippen LogP contribution in [-0.4, -0.2) is 41.8 Å². The molecule has 3 nitrogen and oxygen atoms in total. The van der Waals surface area contributed by atoms with Crippen LogP contribution in [0.1, 0.15) is 59.3 Å². The van der Waals surface area contributed by atoms with Crippen molar-refractivity contribution in [3.63, 3.8) is 0 Å². The van der Waals surface area contributed by atoms with Gasteiger partial charge in [0.05, 0.1) is 6.61 Å². The zero-order valence-corrected chi connectivity index (χ0v) is 13.2. The Morgan fingerprint density at radius 1 is 1.32 bits per heavy atom. The number of nitrogens with two attached hydrogens (primary N) is 1. The van der Waals surface area contributed by atoms with Crippen LogP contribution in [0.2, 0.25) is 0 Å². The summed E-state index contributed by atoms with van der Waals surface area (Å²) in [6.45, 7) is 10.4. The van der Waals surface area contributed by atoms with Crippen molar-refractivity contribution in [3.05, 3.63) is 0 Å². The van der Waals surface area contributed by atoms with Crippen LogP contribution in [0.5, 0.6) is 0 Å². The van der Waals surface area contributed by atoms with Crippen molar-refractivity contribution in [2.24, 2.45) is 17.6 Å². The van der Waals surface area contributed by atoms with Crippen LogP contribution in [0.25, 0.3) is 0 Å². The first-order valence-corrected chi connectivity index (χ1v) is 8.21. The summed E-state index contributed by atoms with van der Waals surface area (Å²) in [5, 5.41) is 9.50. The number of hydrogen-bond acceptors (Lipinski definition) is 3. The van der Waals surface area contributed by atoms with Crippen LogP contribution in [-0.2, 0) is 0 Å². The normalized spacial score (nSPS) is 27.6. The molecule has 0 aromatic carbocycles. The molecule has 0 aromatic heterocycles. The number of hydrogen-bond donors (Lipinski definition) is 2. The molecule has 0 aromatic rings. The SMILES string of the molecule is CCC(CC)CN(CC)CCC1CCCC1(N)CO. The van der Waals surface area contributed by atoms with Crippen molar-refractivity contribution in [2.45, 2.75) is 64.8 Å². The van der Waals surface area contributed by atoms with Crippen LogP contribution in [0.3, 0.4) is 0 Å². The van der Waals surface area contributed by atoms with Gasteiger partial charge in [0.15, 0.2) is 0 Å². The Morgan fingerprint density at radius 3 is 2.53 bits per heavy atom. The van der Waals surface area contributed by atoms with Gasteiger partial charge in [-0.15, -0.1) is 0 Å². The first-order valence-electron chi connectivity index (χ1n) is 8.21. The van der Waals surface area contributed by atoms with E-state index in [1.807, 2.05) is 0 Å². The van der Waals surface area contributed by atoms with Crippen molar-refractivity contribution < 1.29 is 5.11 Å². The van der Waals surface area contributed by atoms with E-state index >= 15 is 0 Å². The number of aliphatic hydroxyl groups is 1. The highest BCUT2D eigenvalue weighted by Crippen LogP contribution is 2.35. The average Bonchev–Trinajstić information content (AvgIpc) is 2.81. The molecule has 1 aliphatic rings. The summed E-state index contributed by atoms with van der Waals surface area (Å²) < 4.78 is 0. The highest BCUT2D eigenvalue weighted by atomic mass is 16.3. The average molecular weight is 270 g/mol. The smallest absolute Gasteiger partial charge is 0.0613 e. The quantitative estimate of drug-likeness (QED) is 0.677. The number of rotatable bonds is 9. The Bertz CT molecular complexity index is 243. The summed E-state index contributed by atoms with van der Waals surface area (Å²) in [6, 6.07) is 0. The zero-order chi connectivity index (χ0) is 14.3. The molecule has 0 aliphatic heterocycles. The van der Waals surface area contributed by atoms with E-state index in [-0.39, 0.29) is 12.1 Å². The Labute approximate surface area is 119 Å². The lowest BCUT2D eigenvalue weighted by Crippen LogP contribution is -2.48. The Kier molecular flexibility index (Phi) is 7.33. The third-order valence-electron chi connectivity index (χ3n) is 5.21. The van der Waals surface area contributed by atoms with Crippen LogP contribution >= 0.6 is 0 Å². The largest absolute Gasteiger partial charge is 0.394 e. The van der Waals surface area contributed by atoms with Gasteiger partial charge < -0.3 is 15.7 Å². The summed E-state index contributed by atoms with van der Waals surface area (Å²) in [5.74, 6) is 1.33. The van der Waals surface area contributed by atoms with E-state index < -0.39 is 0 Å². The number of aliphatic hydroxyl groups excluding tert-OH is 1. The van der Waals surface area contributed by atoms with Crippen molar-refractivity contribution in [3.8, 4) is 0 Å². The second-order valence-electron chi connectivity index (χ2n) is 6.34. The van der Waals surface area contributed by atoms with Gasteiger partial charge in [-0.25, -0.2) is 0 Å². The lowest BCUT2D eigenvalue weighted by atomic mass is 9.86. The highest BCUT2D eigenvalue weighted by molar-refractivity contribution is 4.96. The van der Waals surface area contributed by atoms with E-state index in [0.717, 1.165) is 31.8 Å². The molecule has 1 saturated carbocycles. The Hall–Kier alpha value is -0.120. The summed E-state index contributed by atoms with van der Waals surface area (Å²) in [5.41, 5.74) is 6.02. The summed E-state index contributed by atoms with van der Waals surface area (Å²) in [4.78, 5) is 2.56. The monoisotopic (exact) mass is 270 g/mol. The zero-order valence-electron chi connectivity index (χ0n) is 13.2. The summed E-state index contributed by atoms with van der Waals surface area (Å²) in [6.07, 6.45) is 7.06. The molecule has 0 amide bonds.